The van der Waals surface area contributed by atoms with Crippen LogP contribution in [0.1, 0.15) is 24.2 Å². The SMILES string of the molecule is CC(=O)c1ccc(N[C@@H]2O[C@@H](C)[C@@H](O)[C@H](O)[C@@H]2O)cc1. The molecule has 1 aromatic carbocycles. The Labute approximate surface area is 117 Å². The summed E-state index contributed by atoms with van der Waals surface area (Å²) in [4.78, 5) is 11.2. The summed E-state index contributed by atoms with van der Waals surface area (Å²) >= 11 is 0. The van der Waals surface area contributed by atoms with Crippen molar-refractivity contribution in [3.05, 3.63) is 29.8 Å². The number of carbonyl (C=O) groups excluding carboxylic acids is 1. The quantitative estimate of drug-likeness (QED) is 0.588. The first-order valence-corrected chi connectivity index (χ1v) is 6.47. The van der Waals surface area contributed by atoms with Gasteiger partial charge in [0.2, 0.25) is 0 Å². The van der Waals surface area contributed by atoms with E-state index in [-0.39, 0.29) is 5.78 Å². The minimum atomic E-state index is -1.27. The molecule has 1 fully saturated rings. The Morgan fingerprint density at radius 2 is 1.70 bits per heavy atom. The van der Waals surface area contributed by atoms with Gasteiger partial charge in [-0.1, -0.05) is 0 Å². The van der Waals surface area contributed by atoms with Gasteiger partial charge in [0, 0.05) is 11.3 Å². The zero-order valence-electron chi connectivity index (χ0n) is 11.4. The van der Waals surface area contributed by atoms with Crippen LogP contribution in [-0.2, 0) is 4.74 Å². The fourth-order valence-electron chi connectivity index (χ4n) is 2.14. The zero-order chi connectivity index (χ0) is 14.9. The van der Waals surface area contributed by atoms with Crippen LogP contribution in [0, 0.1) is 0 Å². The van der Waals surface area contributed by atoms with Crippen LogP contribution < -0.4 is 5.32 Å². The van der Waals surface area contributed by atoms with Gasteiger partial charge < -0.3 is 25.4 Å². The average Bonchev–Trinajstić information content (AvgIpc) is 2.43. The van der Waals surface area contributed by atoms with Crippen LogP contribution in [0.25, 0.3) is 0 Å². The van der Waals surface area contributed by atoms with Gasteiger partial charge >= 0.3 is 0 Å². The summed E-state index contributed by atoms with van der Waals surface area (Å²) in [5.74, 6) is -0.0299. The summed E-state index contributed by atoms with van der Waals surface area (Å²) in [5, 5.41) is 32.1. The molecule has 2 rings (SSSR count). The average molecular weight is 281 g/mol. The van der Waals surface area contributed by atoms with E-state index in [4.69, 9.17) is 4.74 Å². The molecule has 1 heterocycles. The molecular weight excluding hydrogens is 262 g/mol. The number of aliphatic hydroxyl groups is 3. The number of Topliss-reactive ketones (excluding diaryl/α,β-unsaturated/α-hetero) is 1. The Morgan fingerprint density at radius 1 is 1.10 bits per heavy atom. The number of aliphatic hydroxyl groups excluding tert-OH is 3. The van der Waals surface area contributed by atoms with E-state index in [0.29, 0.717) is 11.3 Å². The van der Waals surface area contributed by atoms with E-state index in [9.17, 15) is 20.1 Å². The summed E-state index contributed by atoms with van der Waals surface area (Å²) < 4.78 is 5.42. The second-order valence-electron chi connectivity index (χ2n) is 5.01. The lowest BCUT2D eigenvalue weighted by molar-refractivity contribution is -0.209. The zero-order valence-corrected chi connectivity index (χ0v) is 11.4. The number of benzene rings is 1. The first-order valence-electron chi connectivity index (χ1n) is 6.47. The maximum absolute atomic E-state index is 11.2. The van der Waals surface area contributed by atoms with Crippen LogP contribution in [0.3, 0.4) is 0 Å². The molecule has 5 atom stereocenters. The predicted octanol–water partition coefficient (Wildman–Crippen LogP) is 0.129. The molecule has 0 unspecified atom stereocenters. The van der Waals surface area contributed by atoms with Crippen LogP contribution >= 0.6 is 0 Å². The maximum atomic E-state index is 11.2. The van der Waals surface area contributed by atoms with Crippen molar-refractivity contribution in [2.45, 2.75) is 44.5 Å². The Morgan fingerprint density at radius 3 is 2.25 bits per heavy atom. The molecule has 0 spiro atoms. The lowest BCUT2D eigenvalue weighted by Crippen LogP contribution is -2.58. The van der Waals surface area contributed by atoms with Gasteiger partial charge in [-0.25, -0.2) is 0 Å². The Balaban J connectivity index is 2.07. The van der Waals surface area contributed by atoms with Crippen LogP contribution in [0.15, 0.2) is 24.3 Å². The van der Waals surface area contributed by atoms with Crippen LogP contribution in [0.4, 0.5) is 5.69 Å². The van der Waals surface area contributed by atoms with Gasteiger partial charge in [-0.3, -0.25) is 4.79 Å². The van der Waals surface area contributed by atoms with E-state index in [2.05, 4.69) is 5.32 Å². The number of ketones is 1. The molecule has 1 saturated heterocycles. The topological polar surface area (TPSA) is 99.0 Å². The minimum absolute atomic E-state index is 0.0299. The number of hydrogen-bond acceptors (Lipinski definition) is 6. The Hall–Kier alpha value is -1.47. The normalized spacial score (nSPS) is 33.8. The Bertz CT molecular complexity index is 475. The van der Waals surface area contributed by atoms with E-state index < -0.39 is 30.6 Å². The molecule has 0 aromatic heterocycles. The first kappa shape index (κ1) is 14.9. The molecule has 0 bridgehead atoms. The molecule has 6 nitrogen and oxygen atoms in total. The lowest BCUT2D eigenvalue weighted by atomic mass is 9.99. The number of rotatable bonds is 3. The summed E-state index contributed by atoms with van der Waals surface area (Å²) in [7, 11) is 0. The van der Waals surface area contributed by atoms with E-state index in [1.165, 1.54) is 6.92 Å². The molecular formula is C14H19NO5. The van der Waals surface area contributed by atoms with Gasteiger partial charge in [0.15, 0.2) is 12.0 Å². The van der Waals surface area contributed by atoms with Crippen molar-refractivity contribution in [3.63, 3.8) is 0 Å². The van der Waals surface area contributed by atoms with Crippen LogP contribution in [0.5, 0.6) is 0 Å². The van der Waals surface area contributed by atoms with Gasteiger partial charge in [-0.2, -0.15) is 0 Å². The monoisotopic (exact) mass is 281 g/mol. The second kappa shape index (κ2) is 5.88. The standard InChI is InChI=1S/C14H19NO5/c1-7(16)9-3-5-10(6-4-9)15-14-13(19)12(18)11(17)8(2)20-14/h3-6,8,11-15,17-19H,1-2H3/t8-,11+,12-,13-,14+/m0/s1. The number of hydrogen-bond donors (Lipinski definition) is 4. The van der Waals surface area contributed by atoms with E-state index in [1.54, 1.807) is 31.2 Å². The van der Waals surface area contributed by atoms with Gasteiger partial charge in [0.05, 0.1) is 6.10 Å². The molecule has 1 aliphatic heterocycles. The van der Waals surface area contributed by atoms with E-state index >= 15 is 0 Å². The molecule has 20 heavy (non-hydrogen) atoms. The molecule has 1 aliphatic rings. The predicted molar refractivity (Wildman–Crippen MR) is 72.4 cm³/mol. The van der Waals surface area contributed by atoms with Crippen LogP contribution in [-0.4, -0.2) is 51.7 Å². The molecule has 0 amide bonds. The lowest BCUT2D eigenvalue weighted by Gasteiger charge is -2.39. The highest BCUT2D eigenvalue weighted by Crippen LogP contribution is 2.22. The summed E-state index contributed by atoms with van der Waals surface area (Å²) in [5.41, 5.74) is 1.24. The van der Waals surface area contributed by atoms with Crippen molar-refractivity contribution in [3.8, 4) is 0 Å². The van der Waals surface area contributed by atoms with Crippen molar-refractivity contribution >= 4 is 11.5 Å². The second-order valence-corrected chi connectivity index (χ2v) is 5.01. The fraction of sp³-hybridized carbons (Fsp3) is 0.500. The largest absolute Gasteiger partial charge is 0.388 e. The third-order valence-corrected chi connectivity index (χ3v) is 3.45. The molecule has 1 aromatic rings. The molecule has 4 N–H and O–H groups in total. The number of carbonyl (C=O) groups is 1. The summed E-state index contributed by atoms with van der Waals surface area (Å²) in [6, 6.07) is 6.70. The third-order valence-electron chi connectivity index (χ3n) is 3.45. The first-order chi connectivity index (χ1) is 9.40. The number of nitrogens with one attached hydrogen (secondary N) is 1. The van der Waals surface area contributed by atoms with Crippen LogP contribution in [0.2, 0.25) is 0 Å². The van der Waals surface area contributed by atoms with E-state index in [1.807, 2.05) is 0 Å². The molecule has 0 aliphatic carbocycles. The molecule has 0 radical (unpaired) electrons. The van der Waals surface area contributed by atoms with Crippen molar-refractivity contribution in [1.82, 2.24) is 0 Å². The fourth-order valence-corrected chi connectivity index (χ4v) is 2.14. The Kier molecular flexibility index (Phi) is 4.39. The van der Waals surface area contributed by atoms with Crippen molar-refractivity contribution in [1.29, 1.82) is 0 Å². The van der Waals surface area contributed by atoms with Gasteiger partial charge in [-0.05, 0) is 38.1 Å². The van der Waals surface area contributed by atoms with Crippen molar-refractivity contribution in [2.24, 2.45) is 0 Å². The van der Waals surface area contributed by atoms with Gasteiger partial charge in [-0.15, -0.1) is 0 Å². The van der Waals surface area contributed by atoms with Crippen molar-refractivity contribution < 1.29 is 24.9 Å². The molecule has 110 valence electrons. The molecule has 0 saturated carbocycles. The number of ether oxygens (including phenoxy) is 1. The number of anilines is 1. The smallest absolute Gasteiger partial charge is 0.159 e. The van der Waals surface area contributed by atoms with E-state index in [0.717, 1.165) is 0 Å². The highest BCUT2D eigenvalue weighted by atomic mass is 16.5. The minimum Gasteiger partial charge on any atom is -0.388 e. The van der Waals surface area contributed by atoms with Crippen molar-refractivity contribution in [2.75, 3.05) is 5.32 Å². The maximum Gasteiger partial charge on any atom is 0.159 e. The summed E-state index contributed by atoms with van der Waals surface area (Å²) in [6.07, 6.45) is -5.06. The highest BCUT2D eigenvalue weighted by molar-refractivity contribution is 5.94. The highest BCUT2D eigenvalue weighted by Gasteiger charge is 2.41. The molecule has 6 heteroatoms. The third kappa shape index (κ3) is 2.99. The summed E-state index contributed by atoms with van der Waals surface area (Å²) in [6.45, 7) is 3.10. The van der Waals surface area contributed by atoms with Gasteiger partial charge in [0.1, 0.15) is 18.3 Å². The van der Waals surface area contributed by atoms with Gasteiger partial charge in [0.25, 0.3) is 0 Å².